The number of aryl methyl sites for hydroxylation is 2. The molecule has 7 heteroatoms. The molecular weight excluding hydrogens is 436 g/mol. The van der Waals surface area contributed by atoms with Gasteiger partial charge >= 0.3 is 0 Å². The number of hydrogen-bond acceptors (Lipinski definition) is 4. The van der Waals surface area contributed by atoms with E-state index in [9.17, 15) is 13.2 Å². The Kier molecular flexibility index (Phi) is 8.11. The van der Waals surface area contributed by atoms with Crippen molar-refractivity contribution in [3.63, 3.8) is 0 Å². The largest absolute Gasteiger partial charge is 0.492 e. The van der Waals surface area contributed by atoms with Gasteiger partial charge in [-0.3, -0.25) is 9.10 Å². The molecule has 0 fully saturated rings. The molecule has 0 aliphatic rings. The van der Waals surface area contributed by atoms with Gasteiger partial charge in [-0.2, -0.15) is 0 Å². The van der Waals surface area contributed by atoms with Crippen molar-refractivity contribution in [2.24, 2.45) is 0 Å². The fourth-order valence-corrected chi connectivity index (χ4v) is 4.35. The van der Waals surface area contributed by atoms with E-state index in [1.54, 1.807) is 30.3 Å². The van der Waals surface area contributed by atoms with Crippen LogP contribution in [0.4, 0.5) is 5.69 Å². The molecule has 0 bridgehead atoms. The molecule has 6 nitrogen and oxygen atoms in total. The van der Waals surface area contributed by atoms with Crippen LogP contribution in [0, 0.1) is 6.92 Å². The molecule has 0 radical (unpaired) electrons. The number of rotatable bonds is 10. The molecule has 0 saturated heterocycles. The van der Waals surface area contributed by atoms with E-state index in [1.165, 1.54) is 16.1 Å². The lowest BCUT2D eigenvalue weighted by Crippen LogP contribution is -2.30. The summed E-state index contributed by atoms with van der Waals surface area (Å²) < 4.78 is 31.8. The molecule has 1 N–H and O–H groups in total. The Bertz CT molecular complexity index is 1170. The van der Waals surface area contributed by atoms with E-state index in [1.807, 2.05) is 49.4 Å². The number of anilines is 1. The number of carbonyl (C=O) groups excluding carboxylic acids is 1. The Labute approximate surface area is 196 Å². The summed E-state index contributed by atoms with van der Waals surface area (Å²) in [5, 5.41) is 2.84. The van der Waals surface area contributed by atoms with E-state index in [-0.39, 0.29) is 12.5 Å². The summed E-state index contributed by atoms with van der Waals surface area (Å²) in [5.41, 5.74) is 4.07. The Hall–Kier alpha value is -3.32. The van der Waals surface area contributed by atoms with Gasteiger partial charge in [0.2, 0.25) is 10.0 Å². The Morgan fingerprint density at radius 1 is 0.939 bits per heavy atom. The van der Waals surface area contributed by atoms with Crippen molar-refractivity contribution in [3.8, 4) is 5.75 Å². The third kappa shape index (κ3) is 6.83. The molecule has 0 unspecified atom stereocenters. The van der Waals surface area contributed by atoms with E-state index >= 15 is 0 Å². The van der Waals surface area contributed by atoms with Crippen LogP contribution in [0.3, 0.4) is 0 Å². The number of sulfonamides is 1. The molecule has 3 aromatic carbocycles. The van der Waals surface area contributed by atoms with Gasteiger partial charge in [0.15, 0.2) is 0 Å². The van der Waals surface area contributed by atoms with Crippen LogP contribution in [-0.2, 0) is 23.0 Å². The summed E-state index contributed by atoms with van der Waals surface area (Å²) in [4.78, 5) is 12.4. The maximum Gasteiger partial charge on any atom is 0.251 e. The summed E-state index contributed by atoms with van der Waals surface area (Å²) >= 11 is 0. The van der Waals surface area contributed by atoms with Gasteiger partial charge in [-0.1, -0.05) is 49.4 Å². The summed E-state index contributed by atoms with van der Waals surface area (Å²) in [5.74, 6) is 0.570. The molecule has 0 aromatic heterocycles. The van der Waals surface area contributed by atoms with Crippen LogP contribution < -0.4 is 14.4 Å². The van der Waals surface area contributed by atoms with Crippen LogP contribution in [0.2, 0.25) is 0 Å². The molecule has 0 heterocycles. The van der Waals surface area contributed by atoms with E-state index in [0.29, 0.717) is 24.4 Å². The zero-order valence-corrected chi connectivity index (χ0v) is 20.1. The summed E-state index contributed by atoms with van der Waals surface area (Å²) in [7, 11) is -3.47. The predicted molar refractivity (Wildman–Crippen MR) is 132 cm³/mol. The van der Waals surface area contributed by atoms with Gasteiger partial charge in [0, 0.05) is 5.56 Å². The molecule has 33 heavy (non-hydrogen) atoms. The first kappa shape index (κ1) is 24.3. The fourth-order valence-electron chi connectivity index (χ4n) is 3.41. The number of nitrogens with zero attached hydrogens (tertiary/aromatic N) is 1. The minimum Gasteiger partial charge on any atom is -0.492 e. The van der Waals surface area contributed by atoms with Crippen LogP contribution in [0.25, 0.3) is 0 Å². The quantitative estimate of drug-likeness (QED) is 0.451. The lowest BCUT2D eigenvalue weighted by atomic mass is 10.1. The zero-order valence-electron chi connectivity index (χ0n) is 19.2. The van der Waals surface area contributed by atoms with Gasteiger partial charge in [-0.05, 0) is 60.4 Å². The maximum absolute atomic E-state index is 12.4. The molecular formula is C26H30N2O4S. The second-order valence-electron chi connectivity index (χ2n) is 7.85. The number of amides is 1. The first-order valence-corrected chi connectivity index (χ1v) is 12.7. The van der Waals surface area contributed by atoms with Crippen molar-refractivity contribution >= 4 is 21.6 Å². The third-order valence-corrected chi connectivity index (χ3v) is 6.44. The lowest BCUT2D eigenvalue weighted by Gasteiger charge is -2.24. The highest BCUT2D eigenvalue weighted by Gasteiger charge is 2.19. The topological polar surface area (TPSA) is 75.7 Å². The Balaban J connectivity index is 1.56. The highest BCUT2D eigenvalue weighted by molar-refractivity contribution is 7.92. The Morgan fingerprint density at radius 2 is 1.58 bits per heavy atom. The van der Waals surface area contributed by atoms with Gasteiger partial charge in [-0.15, -0.1) is 0 Å². The number of ether oxygens (including phenoxy) is 1. The van der Waals surface area contributed by atoms with Crippen LogP contribution >= 0.6 is 0 Å². The van der Waals surface area contributed by atoms with Crippen LogP contribution in [0.15, 0.2) is 72.8 Å². The second kappa shape index (κ2) is 11.0. The molecule has 0 aliphatic heterocycles. The standard InChI is InChI=1S/C26H30N2O4S/c1-4-21-11-15-24(16-12-21)32-18-17-27-26(29)23-13-9-22(10-14-23)19-28(33(3,30)31)25-8-6-5-7-20(25)2/h5-16H,4,17-19H2,1-3H3,(H,27,29). The molecule has 3 aromatic rings. The van der Waals surface area contributed by atoms with Crippen LogP contribution in [0.1, 0.15) is 34.0 Å². The molecule has 0 spiro atoms. The van der Waals surface area contributed by atoms with Crippen molar-refractivity contribution in [2.45, 2.75) is 26.8 Å². The molecule has 0 saturated carbocycles. The van der Waals surface area contributed by atoms with Gasteiger partial charge in [-0.25, -0.2) is 8.42 Å². The second-order valence-corrected chi connectivity index (χ2v) is 9.76. The smallest absolute Gasteiger partial charge is 0.251 e. The SMILES string of the molecule is CCc1ccc(OCCNC(=O)c2ccc(CN(c3ccccc3C)S(C)(=O)=O)cc2)cc1. The number of benzene rings is 3. The van der Waals surface area contributed by atoms with E-state index in [2.05, 4.69) is 12.2 Å². The van der Waals surface area contributed by atoms with Crippen molar-refractivity contribution in [1.82, 2.24) is 5.32 Å². The number of para-hydroxylation sites is 1. The van der Waals surface area contributed by atoms with Crippen molar-refractivity contribution < 1.29 is 17.9 Å². The maximum atomic E-state index is 12.4. The highest BCUT2D eigenvalue weighted by Crippen LogP contribution is 2.24. The number of hydrogen-bond donors (Lipinski definition) is 1. The van der Waals surface area contributed by atoms with Gasteiger partial charge in [0.1, 0.15) is 12.4 Å². The summed E-state index contributed by atoms with van der Waals surface area (Å²) in [6, 6.07) is 22.2. The average Bonchev–Trinajstić information content (AvgIpc) is 2.81. The van der Waals surface area contributed by atoms with Gasteiger partial charge < -0.3 is 10.1 Å². The number of carbonyl (C=O) groups is 1. The van der Waals surface area contributed by atoms with Crippen LogP contribution in [-0.4, -0.2) is 33.7 Å². The average molecular weight is 467 g/mol. The predicted octanol–water partition coefficient (Wildman–Crippen LogP) is 4.33. The van der Waals surface area contributed by atoms with Crippen LogP contribution in [0.5, 0.6) is 5.75 Å². The zero-order chi connectivity index (χ0) is 23.8. The Morgan fingerprint density at radius 3 is 2.18 bits per heavy atom. The molecule has 3 rings (SSSR count). The van der Waals surface area contributed by atoms with Crippen molar-refractivity contribution in [2.75, 3.05) is 23.7 Å². The molecule has 0 aliphatic carbocycles. The highest BCUT2D eigenvalue weighted by atomic mass is 32.2. The normalized spacial score (nSPS) is 11.1. The molecule has 174 valence electrons. The van der Waals surface area contributed by atoms with E-state index < -0.39 is 10.0 Å². The van der Waals surface area contributed by atoms with Crippen molar-refractivity contribution in [3.05, 3.63) is 95.1 Å². The first-order valence-electron chi connectivity index (χ1n) is 10.9. The van der Waals surface area contributed by atoms with E-state index in [0.717, 1.165) is 23.3 Å². The molecule has 1 amide bonds. The van der Waals surface area contributed by atoms with Gasteiger partial charge in [0.25, 0.3) is 5.91 Å². The van der Waals surface area contributed by atoms with Gasteiger partial charge in [0.05, 0.1) is 25.0 Å². The monoisotopic (exact) mass is 466 g/mol. The summed E-state index contributed by atoms with van der Waals surface area (Å²) in [6.45, 7) is 4.92. The minimum absolute atomic E-state index is 0.191. The first-order chi connectivity index (χ1) is 15.8. The fraction of sp³-hybridized carbons (Fsp3) is 0.269. The third-order valence-electron chi connectivity index (χ3n) is 5.31. The van der Waals surface area contributed by atoms with Crippen molar-refractivity contribution in [1.29, 1.82) is 0 Å². The molecule has 0 atom stereocenters. The minimum atomic E-state index is -3.47. The lowest BCUT2D eigenvalue weighted by molar-refractivity contribution is 0.0947. The summed E-state index contributed by atoms with van der Waals surface area (Å²) in [6.07, 6.45) is 2.18. The van der Waals surface area contributed by atoms with E-state index in [4.69, 9.17) is 4.74 Å². The number of nitrogens with one attached hydrogen (secondary N) is 1.